The molecule has 3 aromatic rings. The maximum atomic E-state index is 12.3. The van der Waals surface area contributed by atoms with Crippen LogP contribution in [0.3, 0.4) is 0 Å². The summed E-state index contributed by atoms with van der Waals surface area (Å²) in [4.78, 5) is 15.3. The maximum Gasteiger partial charge on any atom is 0.289 e. The standard InChI is InChI=1S/C13H11N3O4/c1-19-13(18)12-16-15-11(20-12)10(17)8-6-14-9-5-3-2-4-7(8)9/h2-6,13-14,18H,1H3. The molecule has 3 rings (SSSR count). The Hall–Kier alpha value is -2.51. The third-order valence-electron chi connectivity index (χ3n) is 2.90. The Morgan fingerprint density at radius 2 is 2.20 bits per heavy atom. The van der Waals surface area contributed by atoms with E-state index in [9.17, 15) is 9.90 Å². The second-order valence-electron chi connectivity index (χ2n) is 4.11. The molecule has 7 heteroatoms. The highest BCUT2D eigenvalue weighted by Gasteiger charge is 2.22. The number of aromatic nitrogens is 3. The molecule has 0 aliphatic carbocycles. The zero-order valence-corrected chi connectivity index (χ0v) is 10.5. The van der Waals surface area contributed by atoms with E-state index in [1.165, 1.54) is 7.11 Å². The number of aliphatic hydroxyl groups excluding tert-OH is 1. The minimum Gasteiger partial charge on any atom is -0.413 e. The summed E-state index contributed by atoms with van der Waals surface area (Å²) >= 11 is 0. The molecular formula is C13H11N3O4. The van der Waals surface area contributed by atoms with E-state index in [1.54, 1.807) is 6.20 Å². The molecule has 0 bridgehead atoms. The summed E-state index contributed by atoms with van der Waals surface area (Å²) in [5.74, 6) is -0.763. The van der Waals surface area contributed by atoms with Crippen LogP contribution in [-0.2, 0) is 4.74 Å². The molecule has 0 aliphatic rings. The number of hydrogen-bond donors (Lipinski definition) is 2. The van der Waals surface area contributed by atoms with Crippen molar-refractivity contribution in [3.63, 3.8) is 0 Å². The van der Waals surface area contributed by atoms with Gasteiger partial charge in [0.2, 0.25) is 6.29 Å². The van der Waals surface area contributed by atoms with Crippen LogP contribution in [0.5, 0.6) is 0 Å². The van der Waals surface area contributed by atoms with E-state index < -0.39 is 12.1 Å². The summed E-state index contributed by atoms with van der Waals surface area (Å²) in [7, 11) is 1.29. The topological polar surface area (TPSA) is 101 Å². The average Bonchev–Trinajstić information content (AvgIpc) is 3.12. The first-order valence-corrected chi connectivity index (χ1v) is 5.86. The van der Waals surface area contributed by atoms with E-state index in [0.717, 1.165) is 10.9 Å². The number of aliphatic hydroxyl groups is 1. The van der Waals surface area contributed by atoms with Crippen molar-refractivity contribution in [3.8, 4) is 0 Å². The molecule has 20 heavy (non-hydrogen) atoms. The van der Waals surface area contributed by atoms with Crippen LogP contribution in [0.4, 0.5) is 0 Å². The number of carbonyl (C=O) groups is 1. The fourth-order valence-electron chi connectivity index (χ4n) is 1.90. The van der Waals surface area contributed by atoms with Crippen molar-refractivity contribution in [2.45, 2.75) is 6.29 Å². The molecule has 102 valence electrons. The molecule has 2 heterocycles. The number of hydrogen-bond acceptors (Lipinski definition) is 6. The highest BCUT2D eigenvalue weighted by molar-refractivity contribution is 6.14. The molecule has 1 unspecified atom stereocenters. The molecule has 0 amide bonds. The van der Waals surface area contributed by atoms with E-state index in [4.69, 9.17) is 4.42 Å². The Morgan fingerprint density at radius 3 is 3.00 bits per heavy atom. The Morgan fingerprint density at radius 1 is 1.40 bits per heavy atom. The molecule has 0 saturated carbocycles. The van der Waals surface area contributed by atoms with Crippen LogP contribution in [0.15, 0.2) is 34.9 Å². The first kappa shape index (κ1) is 12.5. The number of benzene rings is 1. The number of methoxy groups -OCH3 is 1. The number of para-hydroxylation sites is 1. The van der Waals surface area contributed by atoms with Gasteiger partial charge in [0.1, 0.15) is 0 Å². The second kappa shape index (κ2) is 4.87. The summed E-state index contributed by atoms with van der Waals surface area (Å²) < 4.78 is 9.74. The van der Waals surface area contributed by atoms with E-state index in [1.807, 2.05) is 24.3 Å². The molecular weight excluding hydrogens is 262 g/mol. The van der Waals surface area contributed by atoms with Crippen LogP contribution in [0.2, 0.25) is 0 Å². The number of ketones is 1. The van der Waals surface area contributed by atoms with Crippen molar-refractivity contribution in [2.24, 2.45) is 0 Å². The van der Waals surface area contributed by atoms with E-state index in [-0.39, 0.29) is 11.8 Å². The number of nitrogens with zero attached hydrogens (tertiary/aromatic N) is 2. The van der Waals surface area contributed by atoms with Gasteiger partial charge in [-0.1, -0.05) is 18.2 Å². The quantitative estimate of drug-likeness (QED) is 0.550. The largest absolute Gasteiger partial charge is 0.413 e. The predicted octanol–water partition coefficient (Wildman–Crippen LogP) is 1.42. The van der Waals surface area contributed by atoms with E-state index in [2.05, 4.69) is 19.9 Å². The summed E-state index contributed by atoms with van der Waals surface area (Å²) in [6.07, 6.45) is 0.246. The average molecular weight is 273 g/mol. The summed E-state index contributed by atoms with van der Waals surface area (Å²) in [6.45, 7) is 0. The number of nitrogens with one attached hydrogen (secondary N) is 1. The fourth-order valence-corrected chi connectivity index (χ4v) is 1.90. The van der Waals surface area contributed by atoms with Crippen LogP contribution >= 0.6 is 0 Å². The van der Waals surface area contributed by atoms with E-state index in [0.29, 0.717) is 5.56 Å². The predicted molar refractivity (Wildman–Crippen MR) is 68.0 cm³/mol. The maximum absolute atomic E-state index is 12.3. The van der Waals surface area contributed by atoms with Gasteiger partial charge in [-0.15, -0.1) is 10.2 Å². The molecule has 0 aliphatic heterocycles. The number of carbonyl (C=O) groups excluding carboxylic acids is 1. The molecule has 0 spiro atoms. The van der Waals surface area contributed by atoms with Gasteiger partial charge in [-0.3, -0.25) is 4.79 Å². The summed E-state index contributed by atoms with van der Waals surface area (Å²) in [5.41, 5.74) is 1.27. The number of ether oxygens (including phenoxy) is 1. The lowest BCUT2D eigenvalue weighted by molar-refractivity contribution is -0.0940. The summed E-state index contributed by atoms with van der Waals surface area (Å²) in [6, 6.07) is 7.38. The van der Waals surface area contributed by atoms with Gasteiger partial charge in [0.25, 0.3) is 17.6 Å². The van der Waals surface area contributed by atoms with Crippen LogP contribution < -0.4 is 0 Å². The van der Waals surface area contributed by atoms with Crippen molar-refractivity contribution in [1.29, 1.82) is 0 Å². The molecule has 0 fully saturated rings. The third kappa shape index (κ3) is 1.98. The highest BCUT2D eigenvalue weighted by Crippen LogP contribution is 2.21. The van der Waals surface area contributed by atoms with Gasteiger partial charge in [0.05, 0.1) is 5.56 Å². The monoisotopic (exact) mass is 273 g/mol. The lowest BCUT2D eigenvalue weighted by Gasteiger charge is -2.00. The molecule has 0 radical (unpaired) electrons. The lowest BCUT2D eigenvalue weighted by Crippen LogP contribution is -2.01. The van der Waals surface area contributed by atoms with Crippen molar-refractivity contribution in [3.05, 3.63) is 47.8 Å². The van der Waals surface area contributed by atoms with Gasteiger partial charge < -0.3 is 19.2 Å². The van der Waals surface area contributed by atoms with Crippen molar-refractivity contribution >= 4 is 16.7 Å². The zero-order valence-electron chi connectivity index (χ0n) is 10.5. The Bertz CT molecular complexity index is 762. The molecule has 0 saturated heterocycles. The minimum atomic E-state index is -1.34. The number of fused-ring (bicyclic) bond motifs is 1. The van der Waals surface area contributed by atoms with Crippen LogP contribution in [0.25, 0.3) is 10.9 Å². The first-order valence-electron chi connectivity index (χ1n) is 5.86. The molecule has 2 aromatic heterocycles. The van der Waals surface area contributed by atoms with Crippen molar-refractivity contribution < 1.29 is 19.1 Å². The van der Waals surface area contributed by atoms with Crippen molar-refractivity contribution in [1.82, 2.24) is 15.2 Å². The SMILES string of the molecule is COC(O)c1nnc(C(=O)c2c[nH]c3ccccc23)o1. The Balaban J connectivity index is 1.98. The third-order valence-corrected chi connectivity index (χ3v) is 2.90. The minimum absolute atomic E-state index is 0.157. The molecule has 7 nitrogen and oxygen atoms in total. The van der Waals surface area contributed by atoms with Crippen molar-refractivity contribution in [2.75, 3.05) is 7.11 Å². The van der Waals surface area contributed by atoms with Gasteiger partial charge in [0, 0.05) is 24.2 Å². The van der Waals surface area contributed by atoms with Crippen LogP contribution in [0.1, 0.15) is 28.4 Å². The first-order chi connectivity index (χ1) is 9.70. The number of H-pyrrole nitrogens is 1. The smallest absolute Gasteiger partial charge is 0.289 e. The lowest BCUT2D eigenvalue weighted by atomic mass is 10.1. The molecule has 2 N–H and O–H groups in total. The van der Waals surface area contributed by atoms with Gasteiger partial charge in [-0.25, -0.2) is 0 Å². The van der Waals surface area contributed by atoms with Crippen LogP contribution in [0, 0.1) is 0 Å². The number of aromatic amines is 1. The normalized spacial score (nSPS) is 12.7. The molecule has 1 aromatic carbocycles. The fraction of sp³-hybridized carbons (Fsp3) is 0.154. The van der Waals surface area contributed by atoms with Gasteiger partial charge in [-0.2, -0.15) is 0 Å². The Labute approximate surface area is 113 Å². The Kier molecular flexibility index (Phi) is 3.05. The summed E-state index contributed by atoms with van der Waals surface area (Å²) in [5, 5.41) is 17.4. The zero-order chi connectivity index (χ0) is 14.1. The molecule has 1 atom stereocenters. The second-order valence-corrected chi connectivity index (χ2v) is 4.11. The van der Waals surface area contributed by atoms with Crippen LogP contribution in [-0.4, -0.2) is 33.2 Å². The highest BCUT2D eigenvalue weighted by atomic mass is 16.6. The van der Waals surface area contributed by atoms with Gasteiger partial charge >= 0.3 is 0 Å². The van der Waals surface area contributed by atoms with E-state index >= 15 is 0 Å². The van der Waals surface area contributed by atoms with Gasteiger partial charge in [-0.05, 0) is 6.07 Å². The van der Waals surface area contributed by atoms with Gasteiger partial charge in [0.15, 0.2) is 0 Å². The number of rotatable bonds is 4.